The smallest absolute Gasteiger partial charge is 0.323 e. The number of carboxylic acid groups (broad SMARTS) is 2. The summed E-state index contributed by atoms with van der Waals surface area (Å²) in [5, 5.41) is 32.7. The van der Waals surface area contributed by atoms with Crippen molar-refractivity contribution >= 4 is 32.0 Å². The number of hydrogen-bond donors (Lipinski definition) is 5. The Kier molecular flexibility index (Phi) is 17.5. The van der Waals surface area contributed by atoms with Crippen LogP contribution in [0.4, 0.5) is 8.78 Å². The van der Waals surface area contributed by atoms with Gasteiger partial charge in [-0.2, -0.15) is 0 Å². The van der Waals surface area contributed by atoms with Crippen LogP contribution in [-0.4, -0.2) is 111 Å². The number of aliphatic carboxylic acids is 2. The van der Waals surface area contributed by atoms with Gasteiger partial charge in [0.2, 0.25) is 20.0 Å². The van der Waals surface area contributed by atoms with E-state index in [1.807, 2.05) is 0 Å². The van der Waals surface area contributed by atoms with Gasteiger partial charge in [-0.1, -0.05) is 88.4 Å². The van der Waals surface area contributed by atoms with Crippen molar-refractivity contribution in [2.75, 3.05) is 11.5 Å². The highest BCUT2D eigenvalue weighted by Gasteiger charge is 2.53. The Hall–Kier alpha value is -4.76. The zero-order valence-corrected chi connectivity index (χ0v) is 36.0. The van der Waals surface area contributed by atoms with Crippen molar-refractivity contribution in [3.63, 3.8) is 0 Å². The van der Waals surface area contributed by atoms with Gasteiger partial charge in [0.05, 0.1) is 23.6 Å². The number of aryl methyl sites for hydroxylation is 2. The van der Waals surface area contributed by atoms with E-state index in [9.17, 15) is 41.7 Å². The highest BCUT2D eigenvalue weighted by atomic mass is 32.2. The van der Waals surface area contributed by atoms with E-state index in [1.54, 1.807) is 72.8 Å². The standard InChI is InChI=1S/C42H54F2N6O9S2/c1-29(2)37(40(52)53)49(60(56,57)25-19-31-15-21-45-22-16-31)47-35(27-33-11-7-5-8-12-33)39(51)42(43,44)36(28-34-13-9-6-10-14-34)48-50(38(30(3)4)41(54)55)61(58,59)26-20-32-17-23-46-24-18-32/h5-18,21-24,29-30,35-39,47-48,51H,19-20,25-28H2,1-4H3,(H,52,53)(H,54,55)/t35-,36-,37-,38-,39+/m0/s1. The monoisotopic (exact) mass is 888 g/mol. The topological polar surface area (TPSA) is 219 Å². The number of carbonyl (C=O) groups is 2. The quantitative estimate of drug-likeness (QED) is 0.0596. The predicted octanol–water partition coefficient (Wildman–Crippen LogP) is 3.97. The van der Waals surface area contributed by atoms with Crippen molar-refractivity contribution in [2.24, 2.45) is 11.8 Å². The largest absolute Gasteiger partial charge is 0.480 e. The molecule has 0 amide bonds. The lowest BCUT2D eigenvalue weighted by molar-refractivity contribution is -0.162. The van der Waals surface area contributed by atoms with Crippen molar-refractivity contribution in [3.05, 3.63) is 132 Å². The molecule has 0 fully saturated rings. The minimum Gasteiger partial charge on any atom is -0.480 e. The summed E-state index contributed by atoms with van der Waals surface area (Å²) in [5.74, 6) is -10.8. The first-order valence-electron chi connectivity index (χ1n) is 19.7. The maximum absolute atomic E-state index is 17.6. The molecule has 2 aromatic carbocycles. The molecule has 19 heteroatoms. The van der Waals surface area contributed by atoms with Crippen LogP contribution in [0.1, 0.15) is 49.9 Å². The SMILES string of the molecule is CC(C)[C@@H](C(=O)O)N(N[C@@H](Cc1ccccc1)[C@@H](O)C(F)(F)[C@H](Cc1ccccc1)NN([C@H](C(=O)O)C(C)C)S(=O)(=O)CCc1ccncc1)S(=O)(=O)CCc1ccncc1. The van der Waals surface area contributed by atoms with Crippen LogP contribution in [0.2, 0.25) is 0 Å². The number of halogens is 2. The summed E-state index contributed by atoms with van der Waals surface area (Å²) in [5.41, 5.74) is 6.57. The highest BCUT2D eigenvalue weighted by Crippen LogP contribution is 2.32. The molecule has 0 unspecified atom stereocenters. The molecule has 0 spiro atoms. The number of sulfonamides is 2. The molecule has 2 heterocycles. The highest BCUT2D eigenvalue weighted by molar-refractivity contribution is 7.89. The lowest BCUT2D eigenvalue weighted by Crippen LogP contribution is -2.68. The fourth-order valence-electron chi connectivity index (χ4n) is 6.77. The molecule has 4 aromatic rings. The third kappa shape index (κ3) is 13.6. The number of carboxylic acids is 2. The van der Waals surface area contributed by atoms with Crippen LogP contribution in [0.15, 0.2) is 110 Å². The van der Waals surface area contributed by atoms with Gasteiger partial charge in [0.1, 0.15) is 18.2 Å². The number of rotatable bonds is 25. The van der Waals surface area contributed by atoms with Crippen molar-refractivity contribution in [1.82, 2.24) is 29.6 Å². The van der Waals surface area contributed by atoms with Crippen LogP contribution in [-0.2, 0) is 55.3 Å². The molecule has 0 aliphatic rings. The summed E-state index contributed by atoms with van der Waals surface area (Å²) in [4.78, 5) is 33.4. The average molecular weight is 889 g/mol. The lowest BCUT2D eigenvalue weighted by atomic mass is 9.90. The zero-order chi connectivity index (χ0) is 45.0. The van der Waals surface area contributed by atoms with Gasteiger partial charge in [-0.25, -0.2) is 36.5 Å². The molecule has 15 nitrogen and oxygen atoms in total. The summed E-state index contributed by atoms with van der Waals surface area (Å²) in [6, 6.07) is 13.9. The van der Waals surface area contributed by atoms with E-state index in [0.29, 0.717) is 25.5 Å². The third-order valence-electron chi connectivity index (χ3n) is 10.1. The van der Waals surface area contributed by atoms with Gasteiger partial charge in [-0.3, -0.25) is 19.6 Å². The van der Waals surface area contributed by atoms with E-state index in [4.69, 9.17) is 0 Å². The molecule has 5 N–H and O–H groups in total. The first-order chi connectivity index (χ1) is 28.7. The maximum Gasteiger partial charge on any atom is 0.323 e. The number of nitrogens with zero attached hydrogens (tertiary/aromatic N) is 4. The van der Waals surface area contributed by atoms with E-state index in [1.165, 1.54) is 64.6 Å². The molecule has 2 aromatic heterocycles. The van der Waals surface area contributed by atoms with E-state index >= 15 is 8.78 Å². The molecule has 0 bridgehead atoms. The summed E-state index contributed by atoms with van der Waals surface area (Å²) in [6.45, 7) is 5.73. The van der Waals surface area contributed by atoms with Gasteiger partial charge >= 0.3 is 11.9 Å². The summed E-state index contributed by atoms with van der Waals surface area (Å²) in [7, 11) is -9.37. The number of hydrazine groups is 2. The van der Waals surface area contributed by atoms with Gasteiger partial charge in [0.25, 0.3) is 5.92 Å². The number of alkyl halides is 2. The van der Waals surface area contributed by atoms with E-state index < -0.39 is 104 Å². The Balaban J connectivity index is 1.85. The van der Waals surface area contributed by atoms with Gasteiger partial charge in [0, 0.05) is 24.8 Å². The fraction of sp³-hybridized carbons (Fsp3) is 0.429. The van der Waals surface area contributed by atoms with Gasteiger partial charge < -0.3 is 15.3 Å². The van der Waals surface area contributed by atoms with Crippen LogP contribution in [0, 0.1) is 11.8 Å². The molecular weight excluding hydrogens is 835 g/mol. The van der Waals surface area contributed by atoms with Crippen LogP contribution in [0.3, 0.4) is 0 Å². The molecule has 0 aliphatic carbocycles. The van der Waals surface area contributed by atoms with E-state index in [0.717, 1.165) is 0 Å². The minimum absolute atomic E-state index is 0.0926. The second-order valence-electron chi connectivity index (χ2n) is 15.4. The Morgan fingerprint density at radius 1 is 0.623 bits per heavy atom. The molecular formula is C42H54F2N6O9S2. The maximum atomic E-state index is 17.6. The summed E-state index contributed by atoms with van der Waals surface area (Å²) < 4.78 is 92.6. The normalized spacial score (nSPS) is 15.1. The molecule has 0 aliphatic heterocycles. The van der Waals surface area contributed by atoms with Crippen LogP contribution in [0.5, 0.6) is 0 Å². The first kappa shape index (κ1) is 48.9. The fourth-order valence-corrected chi connectivity index (χ4v) is 10.1. The van der Waals surface area contributed by atoms with Crippen molar-refractivity contribution in [2.45, 2.75) is 89.6 Å². The third-order valence-corrected chi connectivity index (χ3v) is 13.4. The molecule has 0 radical (unpaired) electrons. The number of aliphatic hydroxyl groups excluding tert-OH is 1. The van der Waals surface area contributed by atoms with Crippen LogP contribution >= 0.6 is 0 Å². The molecule has 332 valence electrons. The zero-order valence-electron chi connectivity index (χ0n) is 34.3. The average Bonchev–Trinajstić information content (AvgIpc) is 3.21. The van der Waals surface area contributed by atoms with Crippen molar-refractivity contribution < 1.29 is 50.5 Å². The van der Waals surface area contributed by atoms with Crippen molar-refractivity contribution in [3.8, 4) is 0 Å². The number of benzene rings is 2. The van der Waals surface area contributed by atoms with Gasteiger partial charge in [0.15, 0.2) is 0 Å². The van der Waals surface area contributed by atoms with Gasteiger partial charge in [-0.05, 0) is 84.0 Å². The number of hydrogen-bond acceptors (Lipinski definition) is 11. The number of nitrogens with one attached hydrogen (secondary N) is 2. The minimum atomic E-state index is -4.72. The van der Waals surface area contributed by atoms with E-state index in [2.05, 4.69) is 20.8 Å². The number of pyridine rings is 2. The predicted molar refractivity (Wildman–Crippen MR) is 225 cm³/mol. The molecule has 0 saturated heterocycles. The van der Waals surface area contributed by atoms with Crippen LogP contribution in [0.25, 0.3) is 0 Å². The number of aliphatic hydroxyl groups is 1. The Morgan fingerprint density at radius 3 is 1.38 bits per heavy atom. The first-order valence-corrected chi connectivity index (χ1v) is 22.9. The van der Waals surface area contributed by atoms with Crippen molar-refractivity contribution in [1.29, 1.82) is 0 Å². The van der Waals surface area contributed by atoms with Gasteiger partial charge in [-0.15, -0.1) is 8.83 Å². The van der Waals surface area contributed by atoms with Crippen LogP contribution < -0.4 is 10.9 Å². The van der Waals surface area contributed by atoms with E-state index in [-0.39, 0.29) is 18.4 Å². The Bertz CT molecular complexity index is 2210. The molecule has 0 saturated carbocycles. The molecule has 61 heavy (non-hydrogen) atoms. The number of aromatic nitrogens is 2. The second-order valence-corrected chi connectivity index (χ2v) is 19.3. The second kappa shape index (κ2) is 21.9. The summed E-state index contributed by atoms with van der Waals surface area (Å²) >= 11 is 0. The molecule has 4 rings (SSSR count). The summed E-state index contributed by atoms with van der Waals surface area (Å²) in [6.07, 6.45) is 1.60. The Morgan fingerprint density at radius 2 is 1.00 bits per heavy atom. The lowest BCUT2D eigenvalue weighted by Gasteiger charge is -2.41. The molecule has 5 atom stereocenters. The Labute approximate surface area is 355 Å².